The van der Waals surface area contributed by atoms with E-state index in [0.29, 0.717) is 17.9 Å². The summed E-state index contributed by atoms with van der Waals surface area (Å²) >= 11 is 0. The number of carbonyl (C=O) groups is 2. The van der Waals surface area contributed by atoms with Gasteiger partial charge in [0.05, 0.1) is 49.0 Å². The van der Waals surface area contributed by atoms with E-state index in [1.165, 1.54) is 7.11 Å². The number of nitrogens with one attached hydrogen (secondary N) is 3. The molecule has 12 heteroatoms. The van der Waals surface area contributed by atoms with Crippen LogP contribution in [0.15, 0.2) is 122 Å². The normalized spacial score (nSPS) is 17.9. The minimum Gasteiger partial charge on any atom is -0.453 e. The quantitative estimate of drug-likeness (QED) is 0.0855. The average molecular weight is 831 g/mol. The summed E-state index contributed by atoms with van der Waals surface area (Å²) in [5.74, 6) is 7.96. The third-order valence-corrected chi connectivity index (χ3v) is 12.2. The van der Waals surface area contributed by atoms with Crippen LogP contribution in [-0.2, 0) is 9.53 Å². The van der Waals surface area contributed by atoms with Gasteiger partial charge in [-0.05, 0) is 85.3 Å². The molecule has 0 aliphatic carbocycles. The number of amides is 2. The average Bonchev–Trinajstić information content (AvgIpc) is 4.17. The summed E-state index contributed by atoms with van der Waals surface area (Å²) < 4.78 is 4.83. The molecule has 0 radical (unpaired) electrons. The Morgan fingerprint density at radius 2 is 1.27 bits per heavy atom. The molecule has 12 nitrogen and oxygen atoms in total. The molecule has 0 bridgehead atoms. The van der Waals surface area contributed by atoms with Gasteiger partial charge in [0.25, 0.3) is 5.91 Å². The largest absolute Gasteiger partial charge is 0.453 e. The molecule has 2 aliphatic heterocycles. The lowest BCUT2D eigenvalue weighted by Crippen LogP contribution is -2.46. The summed E-state index contributed by atoms with van der Waals surface area (Å²) in [6.07, 6.45) is 5.86. The van der Waals surface area contributed by atoms with E-state index in [2.05, 4.69) is 75.0 Å². The zero-order valence-electron chi connectivity index (χ0n) is 35.5. The van der Waals surface area contributed by atoms with Gasteiger partial charge in [-0.25, -0.2) is 14.8 Å². The van der Waals surface area contributed by atoms with Crippen LogP contribution in [-0.4, -0.2) is 91.3 Å². The van der Waals surface area contributed by atoms with Crippen LogP contribution in [0.2, 0.25) is 0 Å². The highest BCUT2D eigenvalue weighted by atomic mass is 16.5. The Kier molecular flexibility index (Phi) is 13.2. The van der Waals surface area contributed by atoms with Gasteiger partial charge < -0.3 is 30.0 Å². The smallest absolute Gasteiger partial charge is 0.407 e. The Balaban J connectivity index is 0.904. The van der Waals surface area contributed by atoms with Crippen molar-refractivity contribution in [1.82, 2.24) is 40.0 Å². The molecular weight excluding hydrogens is 777 g/mol. The number of likely N-dealkylation sites (tertiary alicyclic amines) is 2. The first kappa shape index (κ1) is 42.2. The fraction of sp³-hybridized carbons (Fsp3) is 0.320. The second-order valence-electron chi connectivity index (χ2n) is 15.8. The van der Waals surface area contributed by atoms with Crippen molar-refractivity contribution >= 4 is 12.0 Å². The minimum atomic E-state index is -0.873. The van der Waals surface area contributed by atoms with Crippen molar-refractivity contribution in [2.45, 2.75) is 69.9 Å². The molecule has 6 aromatic rings. The number of benzene rings is 4. The monoisotopic (exact) mass is 830 g/mol. The van der Waals surface area contributed by atoms with Crippen LogP contribution in [0.1, 0.15) is 97.6 Å². The predicted octanol–water partition coefficient (Wildman–Crippen LogP) is 8.17. The van der Waals surface area contributed by atoms with Gasteiger partial charge in [-0.3, -0.25) is 14.6 Å². The van der Waals surface area contributed by atoms with E-state index in [1.807, 2.05) is 91.1 Å². The van der Waals surface area contributed by atoms with Crippen molar-refractivity contribution in [3.63, 3.8) is 0 Å². The van der Waals surface area contributed by atoms with Gasteiger partial charge >= 0.3 is 6.09 Å². The van der Waals surface area contributed by atoms with Crippen LogP contribution in [0.3, 0.4) is 0 Å². The van der Waals surface area contributed by atoms with Crippen molar-refractivity contribution < 1.29 is 19.4 Å². The summed E-state index contributed by atoms with van der Waals surface area (Å²) in [5, 5.41) is 14.6. The second kappa shape index (κ2) is 19.5. The molecule has 2 saturated heterocycles. The highest BCUT2D eigenvalue weighted by Crippen LogP contribution is 2.38. The van der Waals surface area contributed by atoms with E-state index in [-0.39, 0.29) is 24.0 Å². The molecule has 2 aromatic heterocycles. The lowest BCUT2D eigenvalue weighted by atomic mass is 10.0. The van der Waals surface area contributed by atoms with Gasteiger partial charge in [0.1, 0.15) is 23.9 Å². The van der Waals surface area contributed by atoms with E-state index in [1.54, 1.807) is 11.1 Å². The number of imidazole rings is 2. The summed E-state index contributed by atoms with van der Waals surface area (Å²) in [6.45, 7) is 7.36. The van der Waals surface area contributed by atoms with Crippen molar-refractivity contribution in [1.29, 1.82) is 0 Å². The van der Waals surface area contributed by atoms with Crippen LogP contribution in [0.5, 0.6) is 0 Å². The number of H-pyrrole nitrogens is 2. The highest BCUT2D eigenvalue weighted by Gasteiger charge is 2.39. The maximum absolute atomic E-state index is 13.9. The number of aliphatic hydroxyl groups is 1. The SMILES string of the molecule is CCN(CC)[C@H](c1ccccc1)C(O)N1CCC[C@H]1c1ncc(-c2ccc(C#Cc3ccc(-c4cnc([C@@H]5CCCN5C(=O)[C@H](NC(=O)OC)c5ccccc5)[nH]4)cc3)cc2)[nH]1. The molecule has 2 fully saturated rings. The maximum Gasteiger partial charge on any atom is 0.407 e. The number of hydrogen-bond donors (Lipinski definition) is 4. The van der Waals surface area contributed by atoms with Crippen LogP contribution >= 0.6 is 0 Å². The third kappa shape index (κ3) is 9.21. The first-order valence-corrected chi connectivity index (χ1v) is 21.6. The Bertz CT molecular complexity index is 2470. The minimum absolute atomic E-state index is 0.00264. The van der Waals surface area contributed by atoms with Crippen LogP contribution in [0.4, 0.5) is 4.79 Å². The standard InChI is InChI=1S/C50H54N8O4/c1-4-56(5-2)45(39-16-10-7-11-17-39)49(60)58-31-13-19-43(58)47-52-33-41(54-47)37-28-24-35(25-29-37)21-20-34-22-26-36(27-23-34)40-32-51-46(53-40)42-18-12-30-57(42)48(59)44(55-50(61)62-3)38-14-8-6-9-15-38/h6-11,14-17,22-29,32-33,42-45,49,60H,4-5,12-13,18-19,30-31H2,1-3H3,(H,51,53)(H,52,54)(H,55,61)/t42-,43-,44+,45+,49?/m0/s1. The third-order valence-electron chi connectivity index (χ3n) is 12.2. The van der Waals surface area contributed by atoms with Gasteiger partial charge in [-0.2, -0.15) is 0 Å². The first-order valence-electron chi connectivity index (χ1n) is 21.6. The first-order chi connectivity index (χ1) is 30.3. The van der Waals surface area contributed by atoms with Gasteiger partial charge in [-0.15, -0.1) is 0 Å². The number of nitrogens with zero attached hydrogens (tertiary/aromatic N) is 5. The van der Waals surface area contributed by atoms with Crippen LogP contribution in [0.25, 0.3) is 22.5 Å². The van der Waals surface area contributed by atoms with Gasteiger partial charge in [0.15, 0.2) is 0 Å². The molecule has 8 rings (SSSR count). The van der Waals surface area contributed by atoms with E-state index >= 15 is 0 Å². The van der Waals surface area contributed by atoms with E-state index in [9.17, 15) is 14.7 Å². The molecule has 4 heterocycles. The lowest BCUT2D eigenvalue weighted by molar-refractivity contribution is -0.134. The van der Waals surface area contributed by atoms with Crippen molar-refractivity contribution in [2.75, 3.05) is 33.3 Å². The topological polar surface area (TPSA) is 143 Å². The Hall–Kier alpha value is -6.52. The Morgan fingerprint density at radius 3 is 1.82 bits per heavy atom. The number of aromatic nitrogens is 4. The molecule has 5 atom stereocenters. The van der Waals surface area contributed by atoms with E-state index in [0.717, 1.165) is 90.3 Å². The number of likely N-dealkylation sites (N-methyl/N-ethyl adjacent to an activating group) is 1. The van der Waals surface area contributed by atoms with Crippen molar-refractivity contribution in [2.24, 2.45) is 0 Å². The van der Waals surface area contributed by atoms with Gasteiger partial charge in [0.2, 0.25) is 0 Å². The summed E-state index contributed by atoms with van der Waals surface area (Å²) in [7, 11) is 1.29. The predicted molar refractivity (Wildman–Crippen MR) is 239 cm³/mol. The van der Waals surface area contributed by atoms with Crippen LogP contribution < -0.4 is 5.32 Å². The molecule has 1 unspecified atom stereocenters. The summed E-state index contributed by atoms with van der Waals surface area (Å²) in [5.41, 5.74) is 7.34. The van der Waals surface area contributed by atoms with Gasteiger partial charge in [0, 0.05) is 24.2 Å². The number of alkyl carbamates (subject to hydrolysis) is 1. The molecule has 4 aromatic carbocycles. The van der Waals surface area contributed by atoms with Crippen molar-refractivity contribution in [3.8, 4) is 34.4 Å². The lowest BCUT2D eigenvalue weighted by Gasteiger charge is -2.39. The molecule has 0 saturated carbocycles. The maximum atomic E-state index is 13.9. The molecule has 2 amide bonds. The second-order valence-corrected chi connectivity index (χ2v) is 15.8. The fourth-order valence-corrected chi connectivity index (χ4v) is 8.93. The molecule has 2 aliphatic rings. The number of rotatable bonds is 13. The molecule has 4 N–H and O–H groups in total. The zero-order chi connectivity index (χ0) is 43.0. The van der Waals surface area contributed by atoms with E-state index in [4.69, 9.17) is 14.7 Å². The van der Waals surface area contributed by atoms with Gasteiger partial charge in [-0.1, -0.05) is 111 Å². The summed E-state index contributed by atoms with van der Waals surface area (Å²) in [6, 6.07) is 34.4. The Labute approximate surface area is 363 Å². The number of methoxy groups -OCH3 is 1. The molecule has 318 valence electrons. The number of ether oxygens (including phenoxy) is 1. The molecular formula is C50H54N8O4. The Morgan fingerprint density at radius 1 is 0.758 bits per heavy atom. The highest BCUT2D eigenvalue weighted by molar-refractivity contribution is 5.87. The van der Waals surface area contributed by atoms with E-state index < -0.39 is 18.4 Å². The fourth-order valence-electron chi connectivity index (χ4n) is 8.93. The number of carbonyl (C=O) groups excluding carboxylic acids is 2. The molecule has 0 spiro atoms. The zero-order valence-corrected chi connectivity index (χ0v) is 35.5. The summed E-state index contributed by atoms with van der Waals surface area (Å²) in [4.78, 5) is 49.0. The number of aliphatic hydroxyl groups excluding tert-OH is 1. The van der Waals surface area contributed by atoms with Crippen LogP contribution in [0, 0.1) is 11.8 Å². The van der Waals surface area contributed by atoms with Crippen molar-refractivity contribution in [3.05, 3.63) is 155 Å². The number of hydrogen-bond acceptors (Lipinski definition) is 8. The molecule has 62 heavy (non-hydrogen) atoms. The number of aromatic amines is 2.